The molecule has 0 saturated heterocycles. The highest BCUT2D eigenvalue weighted by Crippen LogP contribution is 2.50. The summed E-state index contributed by atoms with van der Waals surface area (Å²) in [4.78, 5) is 0. The van der Waals surface area contributed by atoms with Gasteiger partial charge in [-0.3, -0.25) is 0 Å². The summed E-state index contributed by atoms with van der Waals surface area (Å²) in [6.45, 7) is 0. The summed E-state index contributed by atoms with van der Waals surface area (Å²) in [5.74, 6) is 0. The van der Waals surface area contributed by atoms with Gasteiger partial charge < -0.3 is 0 Å². The van der Waals surface area contributed by atoms with E-state index in [1.54, 1.807) is 0 Å². The summed E-state index contributed by atoms with van der Waals surface area (Å²) in [5, 5.41) is 19.2. The van der Waals surface area contributed by atoms with Crippen LogP contribution >= 0.6 is 0 Å². The molecule has 0 N–H and O–H groups in total. The maximum absolute atomic E-state index is 8.62. The highest BCUT2D eigenvalue weighted by molar-refractivity contribution is 6.27. The predicted molar refractivity (Wildman–Crippen MR) is 371 cm³/mol. The molecule has 0 aromatic heterocycles. The van der Waals surface area contributed by atoms with Gasteiger partial charge in [0.2, 0.25) is 0 Å². The average Bonchev–Trinajstić information content (AvgIpc) is 0.816. The third-order valence-electron chi connectivity index (χ3n) is 17.4. The molecule has 0 nitrogen and oxygen atoms in total. The van der Waals surface area contributed by atoms with Gasteiger partial charge in [-0.05, 0) is 176 Å². The molecule has 0 heteroatoms. The quantitative estimate of drug-likeness (QED) is 0.140. The first-order valence-electron chi connectivity index (χ1n) is 31.9. The van der Waals surface area contributed by atoms with Gasteiger partial charge in [0.15, 0.2) is 0 Å². The van der Waals surface area contributed by atoms with Crippen LogP contribution in [0, 0.1) is 0 Å². The van der Waals surface area contributed by atoms with Crippen molar-refractivity contribution in [1.29, 1.82) is 0 Å². The van der Waals surface area contributed by atoms with Crippen molar-refractivity contribution >= 4 is 86.2 Å². The van der Waals surface area contributed by atoms with E-state index >= 15 is 0 Å². The van der Waals surface area contributed by atoms with Crippen molar-refractivity contribution < 1.29 is 6.85 Å². The molecule has 0 saturated carbocycles. The van der Waals surface area contributed by atoms with Crippen LogP contribution in [0.3, 0.4) is 0 Å². The van der Waals surface area contributed by atoms with Gasteiger partial charge in [0, 0.05) is 0 Å². The standard InChI is InChI=1S/C50H32.C36H24/c1-3-17-34(18-4-1)47-39-23-9-11-25-41(39)49(42-26-12-10-24-40(42)47)36-30-31-45-46(32-36)48(35-19-5-2-6-20-35)43-27-13-14-28-44(43)50(45)38-29-15-21-33-16-7-8-22-37(33)38;1-3-12-25(13-4-1)28-22-23-33-34(24-28)35(27-15-5-2-6-16-27)31-19-9-10-20-32(31)36(33)30-21-11-17-26-14-7-8-18-29(26)30/h1-32H;1-24H/i;1D,3D,4D,12D,13D. The van der Waals surface area contributed by atoms with Crippen molar-refractivity contribution in [3.05, 3.63) is 340 Å². The van der Waals surface area contributed by atoms with Gasteiger partial charge in [0.25, 0.3) is 0 Å². The Morgan fingerprint density at radius 2 is 0.442 bits per heavy atom. The summed E-state index contributed by atoms with van der Waals surface area (Å²) in [6.07, 6.45) is 0. The molecule has 0 atom stereocenters. The van der Waals surface area contributed by atoms with Gasteiger partial charge in [-0.15, -0.1) is 0 Å². The highest BCUT2D eigenvalue weighted by atomic mass is 14.3. The van der Waals surface area contributed by atoms with Crippen LogP contribution in [-0.2, 0) is 0 Å². The van der Waals surface area contributed by atoms with Crippen LogP contribution in [0.1, 0.15) is 6.85 Å². The van der Waals surface area contributed by atoms with Crippen LogP contribution in [0.2, 0.25) is 0 Å². The molecule has 0 radical (unpaired) electrons. The van der Waals surface area contributed by atoms with Crippen LogP contribution in [0.5, 0.6) is 0 Å². The maximum Gasteiger partial charge on any atom is 0.0629 e. The molecule has 86 heavy (non-hydrogen) atoms. The molecule has 0 aliphatic carbocycles. The van der Waals surface area contributed by atoms with Crippen molar-refractivity contribution in [2.75, 3.05) is 0 Å². The smallest absolute Gasteiger partial charge is 0.0622 e. The van der Waals surface area contributed by atoms with E-state index in [4.69, 9.17) is 6.85 Å². The van der Waals surface area contributed by atoms with E-state index in [-0.39, 0.29) is 29.7 Å². The first-order chi connectivity index (χ1) is 44.8. The summed E-state index contributed by atoms with van der Waals surface area (Å²) in [7, 11) is 0. The van der Waals surface area contributed by atoms with Gasteiger partial charge in [-0.25, -0.2) is 0 Å². The second kappa shape index (κ2) is 21.5. The van der Waals surface area contributed by atoms with Crippen molar-refractivity contribution in [2.45, 2.75) is 0 Å². The Morgan fingerprint density at radius 1 is 0.163 bits per heavy atom. The molecule has 0 aliphatic heterocycles. The molecule has 400 valence electrons. The van der Waals surface area contributed by atoms with Crippen LogP contribution < -0.4 is 0 Å². The molecule has 0 unspecified atom stereocenters. The summed E-state index contributed by atoms with van der Waals surface area (Å²) in [5.41, 5.74) is 15.2. The van der Waals surface area contributed by atoms with Crippen LogP contribution in [0.4, 0.5) is 0 Å². The molecule has 0 spiro atoms. The minimum Gasteiger partial charge on any atom is -0.0622 e. The van der Waals surface area contributed by atoms with Crippen LogP contribution in [0.25, 0.3) is 164 Å². The van der Waals surface area contributed by atoms with E-state index in [0.717, 1.165) is 54.6 Å². The fraction of sp³-hybridized carbons (Fsp3) is 0. The summed E-state index contributed by atoms with van der Waals surface area (Å²) in [6, 6.07) is 109. The minimum absolute atomic E-state index is 0.202. The molecule has 0 amide bonds. The number of rotatable bonds is 7. The Labute approximate surface area is 507 Å². The Morgan fingerprint density at radius 3 is 0.837 bits per heavy atom. The lowest BCUT2D eigenvalue weighted by molar-refractivity contribution is 1.63. The van der Waals surface area contributed by atoms with Gasteiger partial charge in [0.05, 0.1) is 6.85 Å². The zero-order valence-corrected chi connectivity index (χ0v) is 46.9. The van der Waals surface area contributed by atoms with E-state index in [2.05, 4.69) is 261 Å². The Hall–Kier alpha value is -11.2. The minimum atomic E-state index is -0.390. The second-order valence-corrected chi connectivity index (χ2v) is 22.1. The second-order valence-electron chi connectivity index (χ2n) is 22.1. The van der Waals surface area contributed by atoms with Crippen molar-refractivity contribution in [3.63, 3.8) is 0 Å². The topological polar surface area (TPSA) is 0 Å². The van der Waals surface area contributed by atoms with Gasteiger partial charge in [-0.2, -0.15) is 0 Å². The monoisotopic (exact) mass is 1090 g/mol. The molecule has 0 heterocycles. The fourth-order valence-corrected chi connectivity index (χ4v) is 13.7. The molecule has 0 aliphatic rings. The number of benzene rings is 17. The number of hydrogen-bond donors (Lipinski definition) is 0. The van der Waals surface area contributed by atoms with Gasteiger partial charge >= 0.3 is 0 Å². The summed E-state index contributed by atoms with van der Waals surface area (Å²) >= 11 is 0. The molecule has 17 rings (SSSR count). The van der Waals surface area contributed by atoms with E-state index < -0.39 is 6.04 Å². The van der Waals surface area contributed by atoms with Crippen LogP contribution in [-0.4, -0.2) is 0 Å². The Kier molecular flexibility index (Phi) is 11.4. The molecule has 17 aromatic rings. The lowest BCUT2D eigenvalue weighted by Crippen LogP contribution is -1.94. The molecule has 17 aromatic carbocycles. The number of hydrogen-bond acceptors (Lipinski definition) is 0. The number of fused-ring (bicyclic) bond motifs is 8. The SMILES string of the molecule is [2H]c1c([2H])c([2H])c(-c2ccc3c(-c4cccc5ccccc45)c4ccccc4c(-c4ccccc4)c3c2)c([2H])c1[2H].c1ccc(-c2c3ccccc3c(-c3ccc4c(-c5cccc6ccccc56)c5ccccc5c(-c5ccccc5)c4c3)c3ccccc23)cc1. The van der Waals surface area contributed by atoms with Crippen molar-refractivity contribution in [3.8, 4) is 77.9 Å². The lowest BCUT2D eigenvalue weighted by atomic mass is 9.82. The molecule has 0 bridgehead atoms. The molecular weight excluding hydrogens is 1030 g/mol. The van der Waals surface area contributed by atoms with Crippen molar-refractivity contribution in [2.24, 2.45) is 0 Å². The normalized spacial score (nSPS) is 12.3. The highest BCUT2D eigenvalue weighted by Gasteiger charge is 2.23. The zero-order valence-electron chi connectivity index (χ0n) is 51.9. The van der Waals surface area contributed by atoms with E-state index in [1.807, 2.05) is 48.5 Å². The van der Waals surface area contributed by atoms with E-state index in [9.17, 15) is 0 Å². The first kappa shape index (κ1) is 45.3. The Balaban J connectivity index is 0.000000148. The zero-order chi connectivity index (χ0) is 61.3. The van der Waals surface area contributed by atoms with E-state index in [1.165, 1.54) is 98.4 Å². The lowest BCUT2D eigenvalue weighted by Gasteiger charge is -2.21. The predicted octanol–water partition coefficient (Wildman–Crippen LogP) is 24.3. The average molecular weight is 1090 g/mol. The summed E-state index contributed by atoms with van der Waals surface area (Å²) < 4.78 is 41.8. The third-order valence-corrected chi connectivity index (χ3v) is 17.4. The first-order valence-corrected chi connectivity index (χ1v) is 29.4. The fourth-order valence-electron chi connectivity index (χ4n) is 13.7. The maximum atomic E-state index is 8.62. The van der Waals surface area contributed by atoms with Gasteiger partial charge in [0.1, 0.15) is 0 Å². The third kappa shape index (κ3) is 8.61. The van der Waals surface area contributed by atoms with Gasteiger partial charge in [-0.1, -0.05) is 327 Å². The van der Waals surface area contributed by atoms with E-state index in [0.29, 0.717) is 5.56 Å². The molecule has 0 fully saturated rings. The largest absolute Gasteiger partial charge is 0.0629 e. The Bertz CT molecular complexity index is 5660. The molecular formula is C86H56. The van der Waals surface area contributed by atoms with Crippen LogP contribution in [0.15, 0.2) is 340 Å². The van der Waals surface area contributed by atoms with Crippen molar-refractivity contribution in [1.82, 2.24) is 0 Å².